The number of hydrogen-bond donors (Lipinski definition) is 4. The van der Waals surface area contributed by atoms with Gasteiger partial charge in [0.05, 0.1) is 52.9 Å². The van der Waals surface area contributed by atoms with Crippen LogP contribution < -0.4 is 21.7 Å². The largest absolute Gasteiger partial charge is 0.445 e. The molecule has 14 nitrogen and oxygen atoms in total. The van der Waals surface area contributed by atoms with Gasteiger partial charge in [0.2, 0.25) is 0 Å². The van der Waals surface area contributed by atoms with E-state index in [9.17, 15) is 14.4 Å². The molecule has 0 aromatic heterocycles. The van der Waals surface area contributed by atoms with Gasteiger partial charge in [-0.25, -0.2) is 14.4 Å². The van der Waals surface area contributed by atoms with Crippen molar-refractivity contribution in [1.82, 2.24) is 16.0 Å². The van der Waals surface area contributed by atoms with Crippen LogP contribution in [0.2, 0.25) is 0 Å². The summed E-state index contributed by atoms with van der Waals surface area (Å²) in [5.41, 5.74) is 5.20. The molecule has 15 heteroatoms. The summed E-state index contributed by atoms with van der Waals surface area (Å²) >= 11 is 0. The van der Waals surface area contributed by atoms with Gasteiger partial charge in [-0.3, -0.25) is 0 Å². The number of carbonyl (C=O) groups excluding carboxylic acids is 3. The molecule has 1 rings (SSSR count). The number of hydrogen-bond acceptors (Lipinski definition) is 11. The molecule has 1 aromatic rings. The summed E-state index contributed by atoms with van der Waals surface area (Å²) in [5, 5.41) is 7.80. The number of nitrogens with one attached hydrogen (secondary N) is 3. The minimum Gasteiger partial charge on any atom is -0.445 e. The number of ether oxygens (including phenoxy) is 7. The Bertz CT molecular complexity index is 884. The molecule has 0 radical (unpaired) electrons. The molecule has 0 spiro atoms. The van der Waals surface area contributed by atoms with Crippen LogP contribution in [0.3, 0.4) is 0 Å². The molecule has 3 amide bonds. The number of carbonyl (C=O) groups is 3. The molecule has 0 aliphatic heterocycles. The Morgan fingerprint density at radius 3 is 1.35 bits per heavy atom. The SMILES string of the molecule is CC(C)(C)OC(=O)NCCOCCOCCN.CC(C)(C)OC(=O)NCCOCCOCCNC(=O)OCc1ccccc1.[CH3-].[Pd]. The van der Waals surface area contributed by atoms with E-state index in [2.05, 4.69) is 16.0 Å². The first-order valence-corrected chi connectivity index (χ1v) is 14.7. The van der Waals surface area contributed by atoms with Gasteiger partial charge < -0.3 is 62.3 Å². The van der Waals surface area contributed by atoms with Gasteiger partial charge in [-0.15, -0.1) is 0 Å². The second kappa shape index (κ2) is 29.9. The maximum absolute atomic E-state index is 11.5. The number of benzene rings is 1. The number of rotatable bonds is 19. The summed E-state index contributed by atoms with van der Waals surface area (Å²) in [6.45, 7) is 16.3. The van der Waals surface area contributed by atoms with Gasteiger partial charge in [-0.1, -0.05) is 30.3 Å². The third kappa shape index (κ3) is 36.0. The Morgan fingerprint density at radius 1 is 0.609 bits per heavy atom. The Hall–Kier alpha value is -2.51. The third-order valence-electron chi connectivity index (χ3n) is 4.56. The van der Waals surface area contributed by atoms with Crippen LogP contribution in [0.25, 0.3) is 0 Å². The predicted molar refractivity (Wildman–Crippen MR) is 172 cm³/mol. The quantitative estimate of drug-likeness (QED) is 0.0705. The summed E-state index contributed by atoms with van der Waals surface area (Å²) in [6.07, 6.45) is -1.38. The summed E-state index contributed by atoms with van der Waals surface area (Å²) < 4.78 is 36.2. The molecule has 0 fully saturated rings. The monoisotopic (exact) mass is 751 g/mol. The fourth-order valence-electron chi connectivity index (χ4n) is 2.81. The average molecular weight is 752 g/mol. The van der Waals surface area contributed by atoms with E-state index in [-0.39, 0.29) is 34.5 Å². The molecule has 0 saturated heterocycles. The van der Waals surface area contributed by atoms with Crippen molar-refractivity contribution >= 4 is 18.3 Å². The van der Waals surface area contributed by atoms with Crippen molar-refractivity contribution in [3.63, 3.8) is 0 Å². The first kappa shape index (κ1) is 47.9. The predicted octanol–water partition coefficient (Wildman–Crippen LogP) is 3.42. The maximum atomic E-state index is 11.5. The minimum atomic E-state index is -0.513. The number of alkyl carbamates (subject to hydrolysis) is 3. The molecule has 0 aliphatic carbocycles. The van der Waals surface area contributed by atoms with E-state index in [0.717, 1.165) is 5.56 Å². The van der Waals surface area contributed by atoms with Crippen LogP contribution in [-0.4, -0.2) is 109 Å². The van der Waals surface area contributed by atoms with Gasteiger partial charge in [0.25, 0.3) is 0 Å². The van der Waals surface area contributed by atoms with Gasteiger partial charge >= 0.3 is 18.3 Å². The van der Waals surface area contributed by atoms with Crippen molar-refractivity contribution in [2.24, 2.45) is 5.73 Å². The van der Waals surface area contributed by atoms with E-state index in [1.165, 1.54) is 0 Å². The minimum absolute atomic E-state index is 0. The standard InChI is InChI=1S/C19H30N2O6.C11H24N2O4.CH3.Pd/c1-19(2,3)27-18(23)21-10-12-25-14-13-24-11-9-20-17(22)26-15-16-7-5-4-6-8-16;1-11(2,3)17-10(14)13-5-7-16-9-8-15-6-4-12;;/h4-8H,9-15H2,1-3H3,(H,20,22)(H,21,23);4-9,12H2,1-3H3,(H,13,14);1H3;/q;;-1;. The van der Waals surface area contributed by atoms with Gasteiger partial charge in [0.15, 0.2) is 0 Å². The normalized spacial score (nSPS) is 10.6. The topological polar surface area (TPSA) is 178 Å². The van der Waals surface area contributed by atoms with Crippen molar-refractivity contribution < 1.29 is 68.0 Å². The molecular formula is C31H57N4O10Pd-. The fraction of sp³-hybridized carbons (Fsp3) is 0.677. The van der Waals surface area contributed by atoms with Gasteiger partial charge in [0, 0.05) is 46.6 Å². The molecule has 5 N–H and O–H groups in total. The van der Waals surface area contributed by atoms with Crippen LogP contribution >= 0.6 is 0 Å². The van der Waals surface area contributed by atoms with Crippen molar-refractivity contribution in [2.75, 3.05) is 79.0 Å². The molecule has 0 atom stereocenters. The van der Waals surface area contributed by atoms with Crippen molar-refractivity contribution in [2.45, 2.75) is 59.4 Å². The molecule has 0 unspecified atom stereocenters. The second-order valence-corrected chi connectivity index (χ2v) is 11.1. The van der Waals surface area contributed by atoms with E-state index in [1.54, 1.807) is 20.8 Å². The van der Waals surface area contributed by atoms with E-state index >= 15 is 0 Å². The van der Waals surface area contributed by atoms with E-state index in [1.807, 2.05) is 51.1 Å². The van der Waals surface area contributed by atoms with Crippen molar-refractivity contribution in [3.8, 4) is 0 Å². The second-order valence-electron chi connectivity index (χ2n) is 11.1. The van der Waals surface area contributed by atoms with Crippen LogP contribution in [0.4, 0.5) is 14.4 Å². The van der Waals surface area contributed by atoms with Crippen molar-refractivity contribution in [3.05, 3.63) is 43.3 Å². The zero-order chi connectivity index (χ0) is 33.1. The summed E-state index contributed by atoms with van der Waals surface area (Å²) in [7, 11) is 0. The Labute approximate surface area is 289 Å². The Morgan fingerprint density at radius 2 is 0.978 bits per heavy atom. The smallest absolute Gasteiger partial charge is 0.407 e. The van der Waals surface area contributed by atoms with Gasteiger partial charge in [-0.2, -0.15) is 0 Å². The van der Waals surface area contributed by atoms with Crippen molar-refractivity contribution in [1.29, 1.82) is 0 Å². The fourth-order valence-corrected chi connectivity index (χ4v) is 2.81. The molecule has 0 bridgehead atoms. The third-order valence-corrected chi connectivity index (χ3v) is 4.56. The molecular weight excluding hydrogens is 695 g/mol. The van der Waals surface area contributed by atoms with Crippen LogP contribution in [0.5, 0.6) is 0 Å². The molecule has 0 heterocycles. The molecule has 1 aromatic carbocycles. The summed E-state index contributed by atoms with van der Waals surface area (Å²) in [5.74, 6) is 0. The maximum Gasteiger partial charge on any atom is 0.407 e. The Kier molecular flexibility index (Phi) is 31.1. The molecule has 0 saturated carbocycles. The first-order chi connectivity index (χ1) is 20.8. The molecule has 46 heavy (non-hydrogen) atoms. The van der Waals surface area contributed by atoms with Crippen LogP contribution in [0.1, 0.15) is 47.1 Å². The summed E-state index contributed by atoms with van der Waals surface area (Å²) in [4.78, 5) is 34.1. The van der Waals surface area contributed by atoms with Gasteiger partial charge in [-0.05, 0) is 47.1 Å². The van der Waals surface area contributed by atoms with E-state index in [0.29, 0.717) is 79.0 Å². The number of nitrogens with two attached hydrogens (primary N) is 1. The molecule has 0 aliphatic rings. The Balaban J connectivity index is -0.000000848. The zero-order valence-corrected chi connectivity index (χ0v) is 30.1. The average Bonchev–Trinajstić information content (AvgIpc) is 2.93. The first-order valence-electron chi connectivity index (χ1n) is 14.7. The number of amides is 3. The van der Waals surface area contributed by atoms with Crippen LogP contribution in [-0.2, 0) is 60.2 Å². The van der Waals surface area contributed by atoms with E-state index in [4.69, 9.17) is 38.9 Å². The van der Waals surface area contributed by atoms with Crippen LogP contribution in [0, 0.1) is 7.43 Å². The molecule has 272 valence electrons. The zero-order valence-electron chi connectivity index (χ0n) is 28.6. The van der Waals surface area contributed by atoms with Crippen LogP contribution in [0.15, 0.2) is 30.3 Å². The van der Waals surface area contributed by atoms with E-state index < -0.39 is 29.5 Å². The van der Waals surface area contributed by atoms with Gasteiger partial charge in [0.1, 0.15) is 17.8 Å². The summed E-state index contributed by atoms with van der Waals surface area (Å²) in [6, 6.07) is 9.46.